The highest BCUT2D eigenvalue weighted by Crippen LogP contribution is 2.21. The van der Waals surface area contributed by atoms with Crippen molar-refractivity contribution in [1.29, 1.82) is 0 Å². The number of hydrogen-bond acceptors (Lipinski definition) is 29. The van der Waals surface area contributed by atoms with Gasteiger partial charge in [-0.25, -0.2) is 0 Å². The topological polar surface area (TPSA) is 280 Å². The summed E-state index contributed by atoms with van der Waals surface area (Å²) in [5.74, 6) is 4.22. The van der Waals surface area contributed by atoms with Gasteiger partial charge in [-0.2, -0.15) is 58.8 Å². The maximum atomic E-state index is 13.3. The minimum absolute atomic E-state index is 0.0116. The van der Waals surface area contributed by atoms with Gasteiger partial charge < -0.3 is 72.7 Å². The van der Waals surface area contributed by atoms with E-state index in [-0.39, 0.29) is 170 Å². The number of unbranched alkanes of at least 4 members (excludes halogenated alkanes) is 25. The summed E-state index contributed by atoms with van der Waals surface area (Å²) in [7, 11) is 0. The number of hydrogen-bond donors (Lipinski definition) is 2. The summed E-state index contributed by atoms with van der Waals surface area (Å²) in [5, 5.41) is 7.10. The molecule has 0 rings (SSSR count). The van der Waals surface area contributed by atoms with Crippen LogP contribution >= 0.6 is 58.8 Å². The lowest BCUT2D eigenvalue weighted by atomic mass is 10.1. The van der Waals surface area contributed by atoms with Crippen molar-refractivity contribution in [2.24, 2.45) is 29.6 Å². The molecular formula is C94H177N5O19S5. The number of carbonyl (C=O) groups excluding carboxylic acids is 9. The third kappa shape index (κ3) is 80.5. The first-order valence-electron chi connectivity index (χ1n) is 48.3. The Labute approximate surface area is 768 Å². The van der Waals surface area contributed by atoms with Crippen LogP contribution in [0.3, 0.4) is 0 Å². The van der Waals surface area contributed by atoms with Crippen molar-refractivity contribution in [3.8, 4) is 0 Å². The summed E-state index contributed by atoms with van der Waals surface area (Å²) in [6.07, 6.45) is 38.2. The van der Waals surface area contributed by atoms with Crippen molar-refractivity contribution in [3.63, 3.8) is 0 Å². The van der Waals surface area contributed by atoms with Gasteiger partial charge in [0.2, 0.25) is 0 Å². The van der Waals surface area contributed by atoms with Crippen molar-refractivity contribution in [3.05, 3.63) is 0 Å². The molecule has 24 nitrogen and oxygen atoms in total. The van der Waals surface area contributed by atoms with Gasteiger partial charge in [-0.05, 0) is 67.3 Å². The Morgan fingerprint density at radius 1 is 0.228 bits per heavy atom. The first-order valence-corrected chi connectivity index (χ1v) is 54.1. The lowest BCUT2D eigenvalue weighted by Crippen LogP contribution is -2.41. The van der Waals surface area contributed by atoms with Crippen molar-refractivity contribution in [1.82, 2.24) is 25.3 Å². The van der Waals surface area contributed by atoms with Gasteiger partial charge in [-0.3, -0.25) is 43.2 Å². The molecule has 0 aromatic carbocycles. The average Bonchev–Trinajstić information content (AvgIpc) is 0.967. The molecule has 0 heterocycles. The van der Waals surface area contributed by atoms with Crippen LogP contribution in [0.15, 0.2) is 0 Å². The van der Waals surface area contributed by atoms with E-state index in [1.165, 1.54) is 161 Å². The van der Waals surface area contributed by atoms with Crippen molar-refractivity contribution >= 4 is 113 Å². The molecule has 0 amide bonds. The molecule has 0 aliphatic rings. The molecule has 0 saturated carbocycles. The third-order valence-corrected chi connectivity index (χ3v) is 27.4. The molecule has 123 heavy (non-hydrogen) atoms. The van der Waals surface area contributed by atoms with Crippen LogP contribution in [0.5, 0.6) is 0 Å². The van der Waals surface area contributed by atoms with Gasteiger partial charge in [0.1, 0.15) is 46.2 Å². The molecule has 0 aromatic heterocycles. The second-order valence-electron chi connectivity index (χ2n) is 32.8. The highest BCUT2D eigenvalue weighted by atomic mass is 32.2. The van der Waals surface area contributed by atoms with Crippen LogP contribution in [0.1, 0.15) is 300 Å². The number of nitrogens with one attached hydrogen (secondary N) is 2. The zero-order chi connectivity index (χ0) is 90.3. The van der Waals surface area contributed by atoms with E-state index < -0.39 is 17.9 Å². The highest BCUT2D eigenvalue weighted by Gasteiger charge is 2.22. The zero-order valence-corrected chi connectivity index (χ0v) is 83.1. The maximum Gasteiger partial charge on any atom is 0.309 e. The van der Waals surface area contributed by atoms with Crippen LogP contribution in [0, 0.1) is 29.6 Å². The molecule has 0 fully saturated rings. The Morgan fingerprint density at radius 3 is 0.715 bits per heavy atom. The molecule has 0 aliphatic carbocycles. The molecule has 2 N–H and O–H groups in total. The Kier molecular flexibility index (Phi) is 88.3. The smallest absolute Gasteiger partial charge is 0.309 e. The number of thioether (sulfide) groups is 5. The standard InChI is InChI=1S/C94H177N5O19S5/c1-11-16-21-26-31-36-71-119-76-81(6)90(104)114-62-42-61-110-86(100)46-55-99(58-49-95-47-56-97(51-41-60-109-63-64-115-91(105)82(7)77-120-72-37-32-27-22-17-12-2)52-43-87(101)111-65-68-116-92(106)83(8)78-121-73-38-33-28-23-18-13-3)59-50-96-48-57-98(53-44-88(102)112-66-69-117-93(107)84(9)79-122-74-39-34-29-24-19-14-4)54-45-89(103)113-67-70-118-94(108)85(10)80-123-75-40-35-30-25-20-15-5/h81-85,95-96H,11-80H2,1-10H3. The molecule has 722 valence electrons. The van der Waals surface area contributed by atoms with Gasteiger partial charge in [0.25, 0.3) is 0 Å². The van der Waals surface area contributed by atoms with E-state index in [4.69, 9.17) is 47.4 Å². The van der Waals surface area contributed by atoms with E-state index in [1.54, 1.807) is 58.8 Å². The van der Waals surface area contributed by atoms with Gasteiger partial charge in [0.15, 0.2) is 0 Å². The Balaban J connectivity index is 6.14. The van der Waals surface area contributed by atoms with Crippen molar-refractivity contribution < 1.29 is 90.5 Å². The van der Waals surface area contributed by atoms with E-state index in [9.17, 15) is 43.2 Å². The van der Waals surface area contributed by atoms with Gasteiger partial charge in [0.05, 0.1) is 75.1 Å². The molecule has 0 bridgehead atoms. The van der Waals surface area contributed by atoms with Gasteiger partial charge in [-0.1, -0.05) is 230 Å². The second-order valence-corrected chi connectivity index (χ2v) is 38.5. The fourth-order valence-corrected chi connectivity index (χ4v) is 18.1. The fraction of sp³-hybridized carbons (Fsp3) is 0.904. The van der Waals surface area contributed by atoms with Gasteiger partial charge >= 0.3 is 53.7 Å². The molecule has 0 spiro atoms. The maximum absolute atomic E-state index is 13.3. The van der Waals surface area contributed by atoms with Crippen LogP contribution in [-0.4, -0.2) is 284 Å². The average molecular weight is 1840 g/mol. The molecule has 5 unspecified atom stereocenters. The largest absolute Gasteiger partial charge is 0.466 e. The van der Waals surface area contributed by atoms with Crippen LogP contribution in [0.25, 0.3) is 0 Å². The molecular weight excluding hydrogens is 1660 g/mol. The SMILES string of the molecule is CCCCCCCCSCC(C)C(=O)OCCCOC(=O)CCN(CCNCCN(CCCOCCOC(=O)C(C)CSCCCCCCCC)CCC(=O)OCCOC(=O)C(C)CSCCCCCCCC)CCNCCN(CCC(=O)OCCOC(=O)C(C)CSCCCCCCCC)CCC(=O)OCCOC(=O)C(C)CSCCCCCCCC. The number of ether oxygens (including phenoxy) is 10. The quantitative estimate of drug-likeness (QED) is 0.0325. The summed E-state index contributed by atoms with van der Waals surface area (Å²) < 4.78 is 55.7. The molecule has 0 aliphatic heterocycles. The lowest BCUT2D eigenvalue weighted by Gasteiger charge is -2.25. The number of esters is 9. The number of rotatable bonds is 94. The molecule has 29 heteroatoms. The summed E-state index contributed by atoms with van der Waals surface area (Å²) >= 11 is 8.88. The zero-order valence-electron chi connectivity index (χ0n) is 79.0. The van der Waals surface area contributed by atoms with Crippen LogP contribution < -0.4 is 10.6 Å². The van der Waals surface area contributed by atoms with Gasteiger partial charge in [-0.15, -0.1) is 0 Å². The number of nitrogens with zero attached hydrogens (tertiary/aromatic N) is 3. The molecule has 0 aromatic rings. The highest BCUT2D eigenvalue weighted by molar-refractivity contribution is 8.00. The predicted octanol–water partition coefficient (Wildman–Crippen LogP) is 18.0. The Morgan fingerprint density at radius 2 is 0.439 bits per heavy atom. The molecule has 0 radical (unpaired) electrons. The van der Waals surface area contributed by atoms with E-state index in [0.29, 0.717) is 114 Å². The van der Waals surface area contributed by atoms with E-state index in [1.807, 2.05) is 39.5 Å². The normalized spacial score (nSPS) is 12.8. The molecule has 0 saturated heterocycles. The Hall–Kier alpha value is -3.26. The van der Waals surface area contributed by atoms with Gasteiger partial charge in [0, 0.05) is 127 Å². The van der Waals surface area contributed by atoms with E-state index in [2.05, 4.69) is 55.1 Å². The first kappa shape index (κ1) is 120. The third-order valence-electron chi connectivity index (χ3n) is 20.8. The fourth-order valence-electron chi connectivity index (χ4n) is 12.8. The molecule has 5 atom stereocenters. The summed E-state index contributed by atoms with van der Waals surface area (Å²) in [5.41, 5.74) is 0. The summed E-state index contributed by atoms with van der Waals surface area (Å²) in [6, 6.07) is 0. The minimum Gasteiger partial charge on any atom is -0.466 e. The lowest BCUT2D eigenvalue weighted by molar-refractivity contribution is -0.154. The van der Waals surface area contributed by atoms with Crippen LogP contribution in [-0.2, 0) is 90.5 Å². The Bertz CT molecular complexity index is 2470. The van der Waals surface area contributed by atoms with E-state index in [0.717, 1.165) is 66.6 Å². The summed E-state index contributed by atoms with van der Waals surface area (Å²) in [4.78, 5) is 123. The van der Waals surface area contributed by atoms with Crippen molar-refractivity contribution in [2.45, 2.75) is 300 Å². The monoisotopic (exact) mass is 1840 g/mol. The second kappa shape index (κ2) is 90.7. The number of carbonyl (C=O) groups is 9. The first-order chi connectivity index (χ1) is 59.8. The van der Waals surface area contributed by atoms with Crippen LogP contribution in [0.2, 0.25) is 0 Å². The predicted molar refractivity (Wildman–Crippen MR) is 512 cm³/mol. The van der Waals surface area contributed by atoms with E-state index >= 15 is 0 Å². The minimum atomic E-state index is -0.467. The van der Waals surface area contributed by atoms with Crippen LogP contribution in [0.4, 0.5) is 0 Å². The summed E-state index contributed by atoms with van der Waals surface area (Å²) in [6.45, 7) is 27.7. The van der Waals surface area contributed by atoms with Crippen molar-refractivity contribution in [2.75, 3.05) is 215 Å².